The number of hydrogen-bond donors (Lipinski definition) is 2. The molecule has 6 nitrogen and oxygen atoms in total. The van der Waals surface area contributed by atoms with Gasteiger partial charge in [0.2, 0.25) is 0 Å². The van der Waals surface area contributed by atoms with E-state index >= 15 is 0 Å². The van der Waals surface area contributed by atoms with Crippen molar-refractivity contribution >= 4 is 5.91 Å². The normalized spacial score (nSPS) is 14.9. The summed E-state index contributed by atoms with van der Waals surface area (Å²) in [5.74, 6) is 2.18. The number of hydrogen-bond acceptors (Lipinski definition) is 4. The van der Waals surface area contributed by atoms with Crippen LogP contribution in [0.3, 0.4) is 0 Å². The highest BCUT2D eigenvalue weighted by Crippen LogP contribution is 2.39. The van der Waals surface area contributed by atoms with Crippen LogP contribution in [0.4, 0.5) is 0 Å². The Morgan fingerprint density at radius 3 is 2.27 bits per heavy atom. The summed E-state index contributed by atoms with van der Waals surface area (Å²) >= 11 is 0. The van der Waals surface area contributed by atoms with Gasteiger partial charge in [0, 0.05) is 42.6 Å². The number of nitrogens with one attached hydrogen (secondary N) is 1. The lowest BCUT2D eigenvalue weighted by Gasteiger charge is -2.28. The van der Waals surface area contributed by atoms with E-state index < -0.39 is 0 Å². The van der Waals surface area contributed by atoms with Gasteiger partial charge in [-0.05, 0) is 35.8 Å². The quantitative estimate of drug-likeness (QED) is 0.786. The number of carbonyl (C=O) groups excluding carboxylic acids is 1. The van der Waals surface area contributed by atoms with Gasteiger partial charge >= 0.3 is 0 Å². The van der Waals surface area contributed by atoms with Gasteiger partial charge in [0.25, 0.3) is 5.91 Å². The van der Waals surface area contributed by atoms with Gasteiger partial charge in [0.15, 0.2) is 0 Å². The summed E-state index contributed by atoms with van der Waals surface area (Å²) in [6, 6.07) is 3.64. The first-order valence-corrected chi connectivity index (χ1v) is 11.1. The van der Waals surface area contributed by atoms with Gasteiger partial charge in [-0.1, -0.05) is 48.0 Å². The Morgan fingerprint density at radius 2 is 1.67 bits per heavy atom. The minimum Gasteiger partial charge on any atom is -0.507 e. The minimum absolute atomic E-state index is 0.124. The molecule has 164 valence electrons. The monoisotopic (exact) mass is 412 g/mol. The number of phenolic OH excluding ortho intramolecular Hbond substituents is 1. The molecule has 0 aliphatic carbocycles. The predicted molar refractivity (Wildman–Crippen MR) is 119 cm³/mol. The highest BCUT2D eigenvalue weighted by molar-refractivity contribution is 5.95. The molecule has 3 rings (SSSR count). The van der Waals surface area contributed by atoms with Crippen LogP contribution in [0.2, 0.25) is 0 Å². The molecule has 0 saturated heterocycles. The Hall–Kier alpha value is -2.37. The number of aromatic hydroxyl groups is 1. The largest absolute Gasteiger partial charge is 0.507 e. The van der Waals surface area contributed by atoms with Crippen LogP contribution in [-0.2, 0) is 30.2 Å². The van der Waals surface area contributed by atoms with Crippen molar-refractivity contribution in [1.82, 2.24) is 20.1 Å². The Bertz CT molecular complexity index is 881. The molecule has 0 saturated carbocycles. The molecule has 0 bridgehead atoms. The van der Waals surface area contributed by atoms with Crippen LogP contribution in [0.25, 0.3) is 0 Å². The molecule has 0 spiro atoms. The summed E-state index contributed by atoms with van der Waals surface area (Å²) in [7, 11) is 0. The number of nitrogens with zero attached hydrogens (tertiary/aromatic N) is 3. The van der Waals surface area contributed by atoms with E-state index in [1.54, 1.807) is 0 Å². The lowest BCUT2D eigenvalue weighted by atomic mass is 9.78. The smallest absolute Gasteiger partial charge is 0.251 e. The SMILES string of the molecule is CC(C)(C)c1cc(C(=O)NCCc2nnc3n2CCCCC3)cc(C(C)(C)C)c1O. The summed E-state index contributed by atoms with van der Waals surface area (Å²) in [5, 5.41) is 22.6. The zero-order valence-corrected chi connectivity index (χ0v) is 19.3. The molecule has 1 aliphatic rings. The Labute approximate surface area is 180 Å². The van der Waals surface area contributed by atoms with Gasteiger partial charge < -0.3 is 15.0 Å². The number of benzene rings is 1. The van der Waals surface area contributed by atoms with Crippen LogP contribution >= 0.6 is 0 Å². The number of aryl methyl sites for hydroxylation is 1. The van der Waals surface area contributed by atoms with Crippen LogP contribution in [-0.4, -0.2) is 32.3 Å². The van der Waals surface area contributed by atoms with E-state index in [2.05, 4.69) is 20.1 Å². The molecular formula is C24H36N4O2. The van der Waals surface area contributed by atoms with Crippen molar-refractivity contribution in [3.63, 3.8) is 0 Å². The number of aromatic nitrogens is 3. The molecule has 0 fully saturated rings. The minimum atomic E-state index is -0.264. The number of rotatable bonds is 4. The van der Waals surface area contributed by atoms with Crippen molar-refractivity contribution in [2.24, 2.45) is 0 Å². The van der Waals surface area contributed by atoms with E-state index in [1.807, 2.05) is 53.7 Å². The molecule has 2 N–H and O–H groups in total. The van der Waals surface area contributed by atoms with Crippen molar-refractivity contribution in [3.05, 3.63) is 40.5 Å². The average molecular weight is 413 g/mol. The van der Waals surface area contributed by atoms with Gasteiger partial charge in [-0.15, -0.1) is 10.2 Å². The third kappa shape index (κ3) is 4.85. The molecule has 1 aliphatic heterocycles. The van der Waals surface area contributed by atoms with Crippen molar-refractivity contribution in [1.29, 1.82) is 0 Å². The fraction of sp³-hybridized carbons (Fsp3) is 0.625. The standard InChI is InChI=1S/C24H36N4O2/c1-23(2,3)17-14-16(15-18(21(17)29)24(4,5)6)22(30)25-12-11-20-27-26-19-10-8-7-9-13-28(19)20/h14-15,29H,7-13H2,1-6H3,(H,25,30). The number of amides is 1. The predicted octanol–water partition coefficient (Wildman–Crippen LogP) is 4.28. The van der Waals surface area contributed by atoms with E-state index in [0.29, 0.717) is 18.5 Å². The molecule has 30 heavy (non-hydrogen) atoms. The highest BCUT2D eigenvalue weighted by Gasteiger charge is 2.27. The molecule has 6 heteroatoms. The highest BCUT2D eigenvalue weighted by atomic mass is 16.3. The first-order chi connectivity index (χ1) is 14.0. The molecular weight excluding hydrogens is 376 g/mol. The molecule has 1 aromatic carbocycles. The number of fused-ring (bicyclic) bond motifs is 1. The van der Waals surface area contributed by atoms with Crippen LogP contribution in [0.1, 0.15) is 93.9 Å². The maximum atomic E-state index is 13.0. The summed E-state index contributed by atoms with van der Waals surface area (Å²) < 4.78 is 2.22. The van der Waals surface area contributed by atoms with Crippen LogP contribution in [0.15, 0.2) is 12.1 Å². The van der Waals surface area contributed by atoms with Crippen LogP contribution in [0, 0.1) is 0 Å². The van der Waals surface area contributed by atoms with E-state index in [-0.39, 0.29) is 22.5 Å². The number of phenols is 1. The molecule has 0 atom stereocenters. The molecule has 2 heterocycles. The summed E-state index contributed by atoms with van der Waals surface area (Å²) in [5.41, 5.74) is 1.65. The van der Waals surface area contributed by atoms with E-state index in [1.165, 1.54) is 12.8 Å². The zero-order valence-electron chi connectivity index (χ0n) is 19.3. The van der Waals surface area contributed by atoms with Gasteiger partial charge in [-0.25, -0.2) is 0 Å². The van der Waals surface area contributed by atoms with Gasteiger partial charge in [-0.2, -0.15) is 0 Å². The maximum Gasteiger partial charge on any atom is 0.251 e. The fourth-order valence-corrected chi connectivity index (χ4v) is 4.03. The molecule has 0 radical (unpaired) electrons. The Balaban J connectivity index is 1.76. The third-order valence-corrected chi connectivity index (χ3v) is 5.81. The second-order valence-corrected chi connectivity index (χ2v) is 10.4. The van der Waals surface area contributed by atoms with Crippen LogP contribution < -0.4 is 5.32 Å². The van der Waals surface area contributed by atoms with E-state index in [4.69, 9.17) is 0 Å². The van der Waals surface area contributed by atoms with E-state index in [0.717, 1.165) is 42.2 Å². The first-order valence-electron chi connectivity index (χ1n) is 11.1. The summed E-state index contributed by atoms with van der Waals surface area (Å²) in [6.07, 6.45) is 5.20. The van der Waals surface area contributed by atoms with Crippen molar-refractivity contribution in [3.8, 4) is 5.75 Å². The Morgan fingerprint density at radius 1 is 1.03 bits per heavy atom. The number of carbonyl (C=O) groups is 1. The lowest BCUT2D eigenvalue weighted by molar-refractivity contribution is 0.0953. The first kappa shape index (κ1) is 22.3. The topological polar surface area (TPSA) is 80.0 Å². The van der Waals surface area contributed by atoms with E-state index in [9.17, 15) is 9.90 Å². The van der Waals surface area contributed by atoms with Gasteiger partial charge in [-0.3, -0.25) is 4.79 Å². The van der Waals surface area contributed by atoms with Crippen molar-refractivity contribution < 1.29 is 9.90 Å². The molecule has 0 unspecified atom stereocenters. The average Bonchev–Trinajstić information content (AvgIpc) is 2.86. The summed E-state index contributed by atoms with van der Waals surface area (Å²) in [4.78, 5) is 13.0. The fourth-order valence-electron chi connectivity index (χ4n) is 4.03. The second kappa shape index (κ2) is 8.40. The summed E-state index contributed by atoms with van der Waals surface area (Å²) in [6.45, 7) is 13.8. The molecule has 2 aromatic rings. The van der Waals surface area contributed by atoms with Gasteiger partial charge in [0.05, 0.1) is 0 Å². The Kier molecular flexibility index (Phi) is 6.25. The van der Waals surface area contributed by atoms with Gasteiger partial charge in [0.1, 0.15) is 17.4 Å². The second-order valence-electron chi connectivity index (χ2n) is 10.4. The zero-order chi connectivity index (χ0) is 22.1. The molecule has 1 amide bonds. The third-order valence-electron chi connectivity index (χ3n) is 5.81. The molecule has 1 aromatic heterocycles. The van der Waals surface area contributed by atoms with Crippen molar-refractivity contribution in [2.75, 3.05) is 6.54 Å². The lowest BCUT2D eigenvalue weighted by Crippen LogP contribution is -2.28. The van der Waals surface area contributed by atoms with Crippen LogP contribution in [0.5, 0.6) is 5.75 Å². The maximum absolute atomic E-state index is 13.0. The van der Waals surface area contributed by atoms with Crippen molar-refractivity contribution in [2.45, 2.75) is 91.0 Å².